The molecular formula is C12H21NO5. The molecule has 0 spiro atoms. The predicted molar refractivity (Wildman–Crippen MR) is 66.0 cm³/mol. The maximum absolute atomic E-state index is 11.2. The summed E-state index contributed by atoms with van der Waals surface area (Å²) in [5, 5.41) is 2.53. The van der Waals surface area contributed by atoms with Crippen molar-refractivity contribution in [2.24, 2.45) is 0 Å². The molecule has 0 aromatic rings. The Hall–Kier alpha value is -1.56. The Bertz CT molecular complexity index is 283. The van der Waals surface area contributed by atoms with Crippen molar-refractivity contribution < 1.29 is 23.8 Å². The Labute approximate surface area is 107 Å². The Morgan fingerprint density at radius 2 is 1.94 bits per heavy atom. The quantitative estimate of drug-likeness (QED) is 0.427. The maximum Gasteiger partial charge on any atom is 0.407 e. The number of carbonyl (C=O) groups is 2. The molecule has 0 radical (unpaired) electrons. The van der Waals surface area contributed by atoms with Gasteiger partial charge in [-0.05, 0) is 20.8 Å². The Balaban J connectivity index is 3.43. The zero-order valence-corrected chi connectivity index (χ0v) is 11.2. The van der Waals surface area contributed by atoms with Crippen LogP contribution in [-0.4, -0.2) is 37.4 Å². The molecule has 104 valence electrons. The lowest BCUT2D eigenvalue weighted by atomic mass is 10.2. The summed E-state index contributed by atoms with van der Waals surface area (Å²) in [6, 6.07) is 0. The fraction of sp³-hybridized carbons (Fsp3) is 0.667. The summed E-state index contributed by atoms with van der Waals surface area (Å²) in [5.41, 5.74) is -0.514. The van der Waals surface area contributed by atoms with Crippen LogP contribution < -0.4 is 5.32 Å². The molecule has 0 atom stereocenters. The van der Waals surface area contributed by atoms with Crippen LogP contribution in [0.1, 0.15) is 27.2 Å². The van der Waals surface area contributed by atoms with Gasteiger partial charge < -0.3 is 19.5 Å². The van der Waals surface area contributed by atoms with Crippen LogP contribution in [0.3, 0.4) is 0 Å². The SMILES string of the molecule is C=COC(=O)CCOCCNC(=O)OC(C)(C)C. The van der Waals surface area contributed by atoms with Crippen molar-refractivity contribution in [1.29, 1.82) is 0 Å². The number of ether oxygens (including phenoxy) is 3. The van der Waals surface area contributed by atoms with Crippen molar-refractivity contribution in [3.05, 3.63) is 12.8 Å². The first-order valence-corrected chi connectivity index (χ1v) is 5.70. The van der Waals surface area contributed by atoms with Crippen LogP contribution >= 0.6 is 0 Å². The van der Waals surface area contributed by atoms with E-state index in [9.17, 15) is 9.59 Å². The van der Waals surface area contributed by atoms with E-state index in [1.165, 1.54) is 0 Å². The van der Waals surface area contributed by atoms with Gasteiger partial charge >= 0.3 is 12.1 Å². The Kier molecular flexibility index (Phi) is 7.78. The highest BCUT2D eigenvalue weighted by Gasteiger charge is 2.15. The van der Waals surface area contributed by atoms with Gasteiger partial charge in [0.25, 0.3) is 0 Å². The molecule has 0 aliphatic carbocycles. The lowest BCUT2D eigenvalue weighted by Gasteiger charge is -2.19. The third-order valence-electron chi connectivity index (χ3n) is 1.58. The summed E-state index contributed by atoms with van der Waals surface area (Å²) in [6.45, 7) is 9.49. The highest BCUT2D eigenvalue weighted by molar-refractivity contribution is 5.70. The zero-order chi connectivity index (χ0) is 14.0. The van der Waals surface area contributed by atoms with Gasteiger partial charge in [0.2, 0.25) is 0 Å². The summed E-state index contributed by atoms with van der Waals surface area (Å²) >= 11 is 0. The monoisotopic (exact) mass is 259 g/mol. The van der Waals surface area contributed by atoms with Crippen LogP contribution in [0.4, 0.5) is 4.79 Å². The van der Waals surface area contributed by atoms with Crippen LogP contribution in [0, 0.1) is 0 Å². The third-order valence-corrected chi connectivity index (χ3v) is 1.58. The van der Waals surface area contributed by atoms with Crippen LogP contribution in [0.25, 0.3) is 0 Å². The summed E-state index contributed by atoms with van der Waals surface area (Å²) in [5.74, 6) is -0.398. The average Bonchev–Trinajstić information content (AvgIpc) is 2.21. The molecule has 0 saturated heterocycles. The van der Waals surface area contributed by atoms with Crippen molar-refractivity contribution in [2.75, 3.05) is 19.8 Å². The molecule has 0 aromatic carbocycles. The minimum atomic E-state index is -0.514. The second-order valence-electron chi connectivity index (χ2n) is 4.45. The van der Waals surface area contributed by atoms with Gasteiger partial charge in [-0.3, -0.25) is 4.79 Å². The van der Waals surface area contributed by atoms with Gasteiger partial charge in [0.05, 0.1) is 25.9 Å². The molecule has 0 fully saturated rings. The van der Waals surface area contributed by atoms with Crippen molar-refractivity contribution >= 4 is 12.1 Å². The number of amides is 1. The second-order valence-corrected chi connectivity index (χ2v) is 4.45. The van der Waals surface area contributed by atoms with Gasteiger partial charge in [0, 0.05) is 6.54 Å². The number of esters is 1. The van der Waals surface area contributed by atoms with E-state index in [0.717, 1.165) is 6.26 Å². The van der Waals surface area contributed by atoms with E-state index in [1.807, 2.05) is 0 Å². The van der Waals surface area contributed by atoms with Gasteiger partial charge in [-0.15, -0.1) is 0 Å². The topological polar surface area (TPSA) is 73.9 Å². The number of alkyl carbamates (subject to hydrolysis) is 1. The van der Waals surface area contributed by atoms with Gasteiger partial charge in [0.15, 0.2) is 0 Å². The van der Waals surface area contributed by atoms with E-state index < -0.39 is 17.7 Å². The molecule has 0 aliphatic rings. The third kappa shape index (κ3) is 10.9. The van der Waals surface area contributed by atoms with E-state index in [1.54, 1.807) is 20.8 Å². The van der Waals surface area contributed by atoms with E-state index >= 15 is 0 Å². The Morgan fingerprint density at radius 1 is 1.28 bits per heavy atom. The molecule has 0 bridgehead atoms. The lowest BCUT2D eigenvalue weighted by Crippen LogP contribution is -2.34. The predicted octanol–water partition coefficient (Wildman–Crippen LogP) is 1.60. The fourth-order valence-electron chi connectivity index (χ4n) is 0.949. The van der Waals surface area contributed by atoms with Crippen molar-refractivity contribution in [1.82, 2.24) is 5.32 Å². The van der Waals surface area contributed by atoms with Gasteiger partial charge in [0.1, 0.15) is 5.60 Å². The van der Waals surface area contributed by atoms with Crippen LogP contribution in [0.2, 0.25) is 0 Å². The van der Waals surface area contributed by atoms with Crippen molar-refractivity contribution in [3.8, 4) is 0 Å². The smallest absolute Gasteiger partial charge is 0.407 e. The van der Waals surface area contributed by atoms with Gasteiger partial charge in [-0.1, -0.05) is 6.58 Å². The molecule has 1 N–H and O–H groups in total. The molecule has 0 heterocycles. The fourth-order valence-corrected chi connectivity index (χ4v) is 0.949. The summed E-state index contributed by atoms with van der Waals surface area (Å²) < 4.78 is 14.6. The highest BCUT2D eigenvalue weighted by atomic mass is 16.6. The van der Waals surface area contributed by atoms with Crippen molar-refractivity contribution in [2.45, 2.75) is 32.8 Å². The number of rotatable bonds is 7. The van der Waals surface area contributed by atoms with E-state index in [0.29, 0.717) is 13.2 Å². The largest absolute Gasteiger partial charge is 0.444 e. The molecule has 0 aliphatic heterocycles. The van der Waals surface area contributed by atoms with E-state index in [4.69, 9.17) is 9.47 Å². The molecule has 1 amide bonds. The number of hydrogen-bond donors (Lipinski definition) is 1. The molecular weight excluding hydrogens is 238 g/mol. The first kappa shape index (κ1) is 16.4. The summed E-state index contributed by atoms with van der Waals surface area (Å²) in [7, 11) is 0. The lowest BCUT2D eigenvalue weighted by molar-refractivity contribution is -0.139. The maximum atomic E-state index is 11.2. The standard InChI is InChI=1S/C12H21NO5/c1-5-17-10(14)6-8-16-9-7-13-11(15)18-12(2,3)4/h5H,1,6-9H2,2-4H3,(H,13,15). The van der Waals surface area contributed by atoms with Gasteiger partial charge in [-0.25, -0.2) is 4.79 Å². The number of carbonyl (C=O) groups excluding carboxylic acids is 2. The van der Waals surface area contributed by atoms with Crippen LogP contribution in [0.15, 0.2) is 12.8 Å². The highest BCUT2D eigenvalue weighted by Crippen LogP contribution is 2.05. The van der Waals surface area contributed by atoms with Crippen LogP contribution in [0.5, 0.6) is 0 Å². The number of hydrogen-bond acceptors (Lipinski definition) is 5. The van der Waals surface area contributed by atoms with Crippen LogP contribution in [-0.2, 0) is 19.0 Å². The molecule has 0 unspecified atom stereocenters. The molecule has 0 rings (SSSR count). The normalized spacial score (nSPS) is 10.6. The van der Waals surface area contributed by atoms with Crippen molar-refractivity contribution in [3.63, 3.8) is 0 Å². The average molecular weight is 259 g/mol. The molecule has 0 aromatic heterocycles. The summed E-state index contributed by atoms with van der Waals surface area (Å²) in [6.07, 6.45) is 0.738. The first-order chi connectivity index (χ1) is 8.35. The van der Waals surface area contributed by atoms with E-state index in [2.05, 4.69) is 16.6 Å². The first-order valence-electron chi connectivity index (χ1n) is 5.70. The number of nitrogens with one attached hydrogen (secondary N) is 1. The van der Waals surface area contributed by atoms with Gasteiger partial charge in [-0.2, -0.15) is 0 Å². The second kappa shape index (κ2) is 8.52. The molecule has 6 nitrogen and oxygen atoms in total. The molecule has 6 heteroatoms. The molecule has 18 heavy (non-hydrogen) atoms. The minimum Gasteiger partial charge on any atom is -0.444 e. The summed E-state index contributed by atoms with van der Waals surface area (Å²) in [4.78, 5) is 22.1. The Morgan fingerprint density at radius 3 is 2.50 bits per heavy atom. The minimum absolute atomic E-state index is 0.151. The molecule has 0 saturated carbocycles. The zero-order valence-electron chi connectivity index (χ0n) is 11.2. The van der Waals surface area contributed by atoms with E-state index in [-0.39, 0.29) is 13.0 Å².